The Balaban J connectivity index is 2.13. The van der Waals surface area contributed by atoms with Gasteiger partial charge in [-0.1, -0.05) is 17.7 Å². The van der Waals surface area contributed by atoms with Gasteiger partial charge in [-0.15, -0.1) is 0 Å². The average molecular weight is 414 g/mol. The van der Waals surface area contributed by atoms with Gasteiger partial charge in [0.1, 0.15) is 5.82 Å². The Morgan fingerprint density at radius 2 is 1.93 bits per heavy atom. The monoisotopic (exact) mass is 413 g/mol. The summed E-state index contributed by atoms with van der Waals surface area (Å²) < 4.78 is 40.1. The number of nitrogens with two attached hydrogens (primary N) is 1. The number of hydrogen-bond donors (Lipinski definition) is 3. The van der Waals surface area contributed by atoms with Gasteiger partial charge in [-0.2, -0.15) is 4.31 Å². The van der Waals surface area contributed by atoms with Crippen LogP contribution in [-0.2, 0) is 6.54 Å². The van der Waals surface area contributed by atoms with Crippen LogP contribution in [0.15, 0.2) is 36.4 Å². The highest BCUT2D eigenvalue weighted by molar-refractivity contribution is 8.23. The lowest BCUT2D eigenvalue weighted by Crippen LogP contribution is -2.45. The van der Waals surface area contributed by atoms with E-state index in [1.165, 1.54) is 10.4 Å². The van der Waals surface area contributed by atoms with Crippen LogP contribution in [0.4, 0.5) is 15.8 Å². The van der Waals surface area contributed by atoms with E-state index in [4.69, 9.17) is 17.3 Å². The maximum atomic E-state index is 14.8. The second kappa shape index (κ2) is 7.95. The van der Waals surface area contributed by atoms with Crippen molar-refractivity contribution < 1.29 is 13.5 Å². The molecule has 0 saturated heterocycles. The Kier molecular flexibility index (Phi) is 6.00. The van der Waals surface area contributed by atoms with Crippen LogP contribution in [0, 0.1) is 12.7 Å². The highest BCUT2D eigenvalue weighted by Gasteiger charge is 2.41. The predicted octanol–water partition coefficient (Wildman–Crippen LogP) is 5.45. The van der Waals surface area contributed by atoms with E-state index in [1.807, 2.05) is 6.92 Å². The molecular formula is C19H25ClFN3O2S. The smallest absolute Gasteiger partial charge is 0.148 e. The van der Waals surface area contributed by atoms with E-state index in [0.717, 1.165) is 17.5 Å². The lowest BCUT2D eigenvalue weighted by atomic mass is 10.1. The van der Waals surface area contributed by atoms with Crippen molar-refractivity contribution >= 4 is 33.9 Å². The molecule has 0 aliphatic carbocycles. The number of anilines is 2. The van der Waals surface area contributed by atoms with Crippen LogP contribution >= 0.6 is 22.6 Å². The van der Waals surface area contributed by atoms with E-state index in [0.29, 0.717) is 30.2 Å². The van der Waals surface area contributed by atoms with Crippen LogP contribution in [-0.4, -0.2) is 26.0 Å². The van der Waals surface area contributed by atoms with E-state index in [2.05, 4.69) is 0 Å². The Morgan fingerprint density at radius 3 is 2.59 bits per heavy atom. The Hall–Kier alpha value is -1.35. The predicted molar refractivity (Wildman–Crippen MR) is 111 cm³/mol. The summed E-state index contributed by atoms with van der Waals surface area (Å²) in [7, 11) is -3.47. The van der Waals surface area contributed by atoms with Crippen LogP contribution in [0.2, 0.25) is 5.02 Å². The second-order valence-electron chi connectivity index (χ2n) is 6.87. The topological polar surface area (TPSA) is 73.0 Å². The molecule has 1 aliphatic heterocycles. The fourth-order valence-corrected chi connectivity index (χ4v) is 5.52. The molecule has 1 atom stereocenters. The SMILES string of the molecule is Cc1ccc(N2c3ccc(Cl)cc3CN(C(C)CCCN)S2(O)O)c(F)c1. The lowest BCUT2D eigenvalue weighted by molar-refractivity contribution is 0.269. The van der Waals surface area contributed by atoms with Crippen molar-refractivity contribution in [1.82, 2.24) is 4.31 Å². The van der Waals surface area contributed by atoms with Gasteiger partial charge in [0, 0.05) is 17.6 Å². The first-order chi connectivity index (χ1) is 12.8. The van der Waals surface area contributed by atoms with Crippen LogP contribution in [0.3, 0.4) is 0 Å². The van der Waals surface area contributed by atoms with Crippen molar-refractivity contribution in [2.75, 3.05) is 10.8 Å². The van der Waals surface area contributed by atoms with Crippen molar-refractivity contribution in [3.8, 4) is 0 Å². The van der Waals surface area contributed by atoms with Gasteiger partial charge in [-0.3, -0.25) is 9.11 Å². The highest BCUT2D eigenvalue weighted by atomic mass is 35.5. The fraction of sp³-hybridized carbons (Fsp3) is 0.368. The summed E-state index contributed by atoms with van der Waals surface area (Å²) in [6, 6.07) is 9.72. The number of benzene rings is 2. The van der Waals surface area contributed by atoms with Gasteiger partial charge in [0.2, 0.25) is 0 Å². The molecule has 27 heavy (non-hydrogen) atoms. The van der Waals surface area contributed by atoms with Gasteiger partial charge < -0.3 is 5.73 Å². The molecular weight excluding hydrogens is 389 g/mol. The molecule has 2 aromatic carbocycles. The Bertz CT molecular complexity index is 837. The van der Waals surface area contributed by atoms with Crippen LogP contribution in [0.5, 0.6) is 0 Å². The molecule has 0 radical (unpaired) electrons. The number of halogens is 2. The second-order valence-corrected chi connectivity index (χ2v) is 9.12. The van der Waals surface area contributed by atoms with Crippen molar-refractivity contribution in [1.29, 1.82) is 0 Å². The third-order valence-electron chi connectivity index (χ3n) is 4.79. The summed E-state index contributed by atoms with van der Waals surface area (Å²) in [6.45, 7) is 4.54. The fourth-order valence-electron chi connectivity index (χ4n) is 3.36. The van der Waals surface area contributed by atoms with E-state index in [9.17, 15) is 13.5 Å². The first-order valence-corrected chi connectivity index (χ1v) is 10.7. The molecule has 2 aromatic rings. The molecule has 1 unspecified atom stereocenters. The van der Waals surface area contributed by atoms with Crippen LogP contribution < -0.4 is 10.0 Å². The largest absolute Gasteiger partial charge is 0.330 e. The minimum Gasteiger partial charge on any atom is -0.330 e. The molecule has 1 heterocycles. The van der Waals surface area contributed by atoms with E-state index in [-0.39, 0.29) is 11.7 Å². The number of aryl methyl sites for hydroxylation is 1. The van der Waals surface area contributed by atoms with E-state index >= 15 is 0 Å². The number of rotatable bonds is 5. The maximum Gasteiger partial charge on any atom is 0.148 e. The van der Waals surface area contributed by atoms with Crippen molar-refractivity contribution in [2.24, 2.45) is 5.73 Å². The first-order valence-electron chi connectivity index (χ1n) is 8.85. The molecule has 0 saturated carbocycles. The Morgan fingerprint density at radius 1 is 1.22 bits per heavy atom. The van der Waals surface area contributed by atoms with E-state index < -0.39 is 16.8 Å². The number of fused-ring (bicyclic) bond motifs is 1. The standard InChI is InChI=1S/C19H25ClFN3O2S/c1-13-5-7-19(17(21)10-13)24-18-8-6-16(20)11-15(18)12-23(27(24,25)26)14(2)4-3-9-22/h5-8,10-11,14,25-26H,3-4,9,12,22H2,1-2H3. The van der Waals surface area contributed by atoms with Crippen molar-refractivity contribution in [2.45, 2.75) is 39.3 Å². The van der Waals surface area contributed by atoms with Gasteiger partial charge in [-0.05, 0) is 85.7 Å². The van der Waals surface area contributed by atoms with Crippen LogP contribution in [0.25, 0.3) is 0 Å². The highest BCUT2D eigenvalue weighted by Crippen LogP contribution is 2.60. The average Bonchev–Trinajstić information content (AvgIpc) is 2.60. The Labute approximate surface area is 166 Å². The van der Waals surface area contributed by atoms with Crippen LogP contribution in [0.1, 0.15) is 30.9 Å². The van der Waals surface area contributed by atoms with Gasteiger partial charge in [0.05, 0.1) is 11.4 Å². The molecule has 3 rings (SSSR count). The minimum absolute atomic E-state index is 0.125. The lowest BCUT2D eigenvalue weighted by Gasteiger charge is -2.55. The maximum absolute atomic E-state index is 14.8. The molecule has 0 spiro atoms. The molecule has 0 bridgehead atoms. The molecule has 148 valence electrons. The van der Waals surface area contributed by atoms with Gasteiger partial charge in [-0.25, -0.2) is 8.70 Å². The molecule has 1 aliphatic rings. The zero-order valence-corrected chi connectivity index (χ0v) is 17.0. The molecule has 8 heteroatoms. The van der Waals surface area contributed by atoms with Gasteiger partial charge in [0.15, 0.2) is 0 Å². The summed E-state index contributed by atoms with van der Waals surface area (Å²) in [5.41, 5.74) is 7.85. The first kappa shape index (κ1) is 20.4. The summed E-state index contributed by atoms with van der Waals surface area (Å²) in [5.74, 6) is -0.507. The van der Waals surface area contributed by atoms with Gasteiger partial charge >= 0.3 is 0 Å². The molecule has 0 amide bonds. The third-order valence-corrected chi connectivity index (χ3v) is 7.02. The van der Waals surface area contributed by atoms with Gasteiger partial charge in [0.25, 0.3) is 0 Å². The minimum atomic E-state index is -3.47. The number of hydrogen-bond acceptors (Lipinski definition) is 5. The van der Waals surface area contributed by atoms with Crippen molar-refractivity contribution in [3.05, 3.63) is 58.4 Å². The zero-order valence-electron chi connectivity index (χ0n) is 15.4. The molecule has 0 aromatic heterocycles. The normalized spacial score (nSPS) is 18.9. The van der Waals surface area contributed by atoms with Crippen molar-refractivity contribution in [3.63, 3.8) is 0 Å². The van der Waals surface area contributed by atoms with E-state index in [1.54, 1.807) is 41.6 Å². The zero-order chi connectivity index (χ0) is 19.8. The number of nitrogens with zero attached hydrogens (tertiary/aromatic N) is 2. The molecule has 4 N–H and O–H groups in total. The molecule has 5 nitrogen and oxygen atoms in total. The molecule has 0 fully saturated rings. The quantitative estimate of drug-likeness (QED) is 0.607. The summed E-state index contributed by atoms with van der Waals surface area (Å²) in [4.78, 5) is 0. The summed E-state index contributed by atoms with van der Waals surface area (Å²) in [5, 5.41) is 0.547. The third kappa shape index (κ3) is 3.94. The summed E-state index contributed by atoms with van der Waals surface area (Å²) >= 11 is 6.16. The summed E-state index contributed by atoms with van der Waals surface area (Å²) in [6.07, 6.45) is 1.46.